The van der Waals surface area contributed by atoms with E-state index in [0.717, 1.165) is 0 Å². The summed E-state index contributed by atoms with van der Waals surface area (Å²) in [5.74, 6) is -1.73. The van der Waals surface area contributed by atoms with Crippen molar-refractivity contribution in [3.63, 3.8) is 0 Å². The van der Waals surface area contributed by atoms with E-state index in [0.29, 0.717) is 37.6 Å². The first kappa shape index (κ1) is 19.7. The molecule has 8 heteroatoms. The van der Waals surface area contributed by atoms with Gasteiger partial charge in [-0.15, -0.1) is 0 Å². The van der Waals surface area contributed by atoms with Crippen LogP contribution in [-0.2, 0) is 0 Å². The highest BCUT2D eigenvalue weighted by atomic mass is 16.3. The number of carbonyl (C=O) groups excluding carboxylic acids is 2. The maximum Gasteiger partial charge on any atom is 0.200 e. The lowest BCUT2D eigenvalue weighted by Crippen LogP contribution is -2.27. The molecule has 0 fully saturated rings. The predicted molar refractivity (Wildman–Crippen MR) is 106 cm³/mol. The predicted octanol–water partition coefficient (Wildman–Crippen LogP) is 1.30. The van der Waals surface area contributed by atoms with Gasteiger partial charge in [-0.2, -0.15) is 0 Å². The number of benzene rings is 2. The lowest BCUT2D eigenvalue weighted by molar-refractivity contribution is 0.0975. The second kappa shape index (κ2) is 8.28. The molecule has 1 aliphatic rings. The first-order valence-electron chi connectivity index (χ1n) is 9.11. The van der Waals surface area contributed by atoms with Crippen LogP contribution in [0.15, 0.2) is 24.3 Å². The number of ketones is 2. The topological polar surface area (TPSA) is 131 Å². The highest BCUT2D eigenvalue weighted by Gasteiger charge is 2.37. The molecule has 3 rings (SSSR count). The van der Waals surface area contributed by atoms with E-state index in [2.05, 4.69) is 16.0 Å². The maximum absolute atomic E-state index is 13.2. The molecule has 2 aromatic rings. The second-order valence-corrected chi connectivity index (χ2v) is 6.35. The molecule has 0 radical (unpaired) electrons. The minimum absolute atomic E-state index is 0.0271. The van der Waals surface area contributed by atoms with E-state index in [1.807, 2.05) is 6.92 Å². The van der Waals surface area contributed by atoms with Crippen molar-refractivity contribution in [3.05, 3.63) is 46.5 Å². The Balaban J connectivity index is 2.08. The number of aliphatic hydroxyl groups is 1. The van der Waals surface area contributed by atoms with Crippen LogP contribution in [0.5, 0.6) is 11.5 Å². The number of aliphatic hydroxyl groups excluding tert-OH is 1. The zero-order valence-corrected chi connectivity index (χ0v) is 15.5. The van der Waals surface area contributed by atoms with E-state index >= 15 is 0 Å². The summed E-state index contributed by atoms with van der Waals surface area (Å²) in [6, 6.07) is 5.82. The van der Waals surface area contributed by atoms with Gasteiger partial charge in [0.25, 0.3) is 0 Å². The Morgan fingerprint density at radius 2 is 1.29 bits per heavy atom. The molecule has 0 spiro atoms. The fraction of sp³-hybridized carbons (Fsp3) is 0.300. The molecule has 2 aromatic carbocycles. The monoisotopic (exact) mass is 385 g/mol. The summed E-state index contributed by atoms with van der Waals surface area (Å²) in [5.41, 5.74) is 0.931. The SMILES string of the molecule is CCNc1ccc(NCCNCCO)c2c1C(=O)c1c(O)ccc(O)c1C2=O. The average molecular weight is 385 g/mol. The molecular formula is C20H23N3O5. The van der Waals surface area contributed by atoms with E-state index < -0.39 is 11.6 Å². The third-order valence-corrected chi connectivity index (χ3v) is 4.55. The van der Waals surface area contributed by atoms with E-state index in [1.165, 1.54) is 12.1 Å². The van der Waals surface area contributed by atoms with Crippen LogP contribution < -0.4 is 16.0 Å². The number of fused-ring (bicyclic) bond motifs is 2. The van der Waals surface area contributed by atoms with E-state index in [-0.39, 0.29) is 40.4 Å². The number of carbonyl (C=O) groups is 2. The fourth-order valence-electron chi connectivity index (χ4n) is 3.34. The molecule has 6 N–H and O–H groups in total. The molecule has 0 heterocycles. The molecule has 0 unspecified atom stereocenters. The Morgan fingerprint density at radius 3 is 1.79 bits per heavy atom. The molecule has 0 saturated heterocycles. The summed E-state index contributed by atoms with van der Waals surface area (Å²) in [5, 5.41) is 38.4. The molecule has 1 aliphatic carbocycles. The minimum Gasteiger partial charge on any atom is -0.507 e. The highest BCUT2D eigenvalue weighted by molar-refractivity contribution is 6.33. The van der Waals surface area contributed by atoms with Crippen molar-refractivity contribution in [2.75, 3.05) is 43.4 Å². The minimum atomic E-state index is -0.524. The third kappa shape index (κ3) is 3.39. The summed E-state index contributed by atoms with van der Waals surface area (Å²) >= 11 is 0. The van der Waals surface area contributed by atoms with Crippen LogP contribution in [0, 0.1) is 0 Å². The normalized spacial score (nSPS) is 12.5. The van der Waals surface area contributed by atoms with Crippen LogP contribution in [-0.4, -0.2) is 59.7 Å². The number of hydrogen-bond donors (Lipinski definition) is 6. The molecule has 0 aliphatic heterocycles. The van der Waals surface area contributed by atoms with Gasteiger partial charge in [0.1, 0.15) is 11.5 Å². The highest BCUT2D eigenvalue weighted by Crippen LogP contribution is 2.42. The zero-order valence-electron chi connectivity index (χ0n) is 15.5. The third-order valence-electron chi connectivity index (χ3n) is 4.55. The lowest BCUT2D eigenvalue weighted by atomic mass is 9.81. The largest absolute Gasteiger partial charge is 0.507 e. The van der Waals surface area contributed by atoms with E-state index in [9.17, 15) is 19.8 Å². The van der Waals surface area contributed by atoms with Gasteiger partial charge in [-0.25, -0.2) is 0 Å². The van der Waals surface area contributed by atoms with Gasteiger partial charge in [-0.3, -0.25) is 9.59 Å². The number of aromatic hydroxyl groups is 2. The summed E-state index contributed by atoms with van der Waals surface area (Å²) in [4.78, 5) is 26.4. The Kier molecular flexibility index (Phi) is 5.81. The molecule has 0 amide bonds. The molecule has 0 saturated carbocycles. The van der Waals surface area contributed by atoms with Gasteiger partial charge in [0.2, 0.25) is 11.6 Å². The van der Waals surface area contributed by atoms with Crippen LogP contribution in [0.25, 0.3) is 0 Å². The molecule has 0 aromatic heterocycles. The van der Waals surface area contributed by atoms with Crippen molar-refractivity contribution in [2.24, 2.45) is 0 Å². The van der Waals surface area contributed by atoms with Gasteiger partial charge in [0, 0.05) is 37.6 Å². The van der Waals surface area contributed by atoms with Crippen LogP contribution in [0.4, 0.5) is 11.4 Å². The zero-order chi connectivity index (χ0) is 20.3. The Bertz CT molecular complexity index is 927. The van der Waals surface area contributed by atoms with Gasteiger partial charge < -0.3 is 31.3 Å². The van der Waals surface area contributed by atoms with Crippen LogP contribution in [0.2, 0.25) is 0 Å². The Morgan fingerprint density at radius 1 is 0.750 bits per heavy atom. The molecule has 0 bridgehead atoms. The number of phenolic OH excluding ortho intramolecular Hbond substituents is 2. The maximum atomic E-state index is 13.2. The molecule has 28 heavy (non-hydrogen) atoms. The number of anilines is 2. The van der Waals surface area contributed by atoms with Gasteiger partial charge in [0.05, 0.1) is 28.9 Å². The van der Waals surface area contributed by atoms with E-state index in [1.54, 1.807) is 12.1 Å². The van der Waals surface area contributed by atoms with Gasteiger partial charge in [-0.05, 0) is 31.2 Å². The Hall–Kier alpha value is -3.10. The number of rotatable bonds is 8. The van der Waals surface area contributed by atoms with Crippen LogP contribution >= 0.6 is 0 Å². The lowest BCUT2D eigenvalue weighted by Gasteiger charge is -2.24. The smallest absolute Gasteiger partial charge is 0.200 e. The first-order valence-corrected chi connectivity index (χ1v) is 9.11. The fourth-order valence-corrected chi connectivity index (χ4v) is 3.34. The quantitative estimate of drug-likeness (QED) is 0.253. The van der Waals surface area contributed by atoms with Gasteiger partial charge >= 0.3 is 0 Å². The number of phenols is 2. The summed E-state index contributed by atoms with van der Waals surface area (Å²) in [6.07, 6.45) is 0. The van der Waals surface area contributed by atoms with Crippen molar-refractivity contribution in [1.29, 1.82) is 0 Å². The van der Waals surface area contributed by atoms with E-state index in [4.69, 9.17) is 5.11 Å². The van der Waals surface area contributed by atoms with Crippen molar-refractivity contribution < 1.29 is 24.9 Å². The van der Waals surface area contributed by atoms with Crippen molar-refractivity contribution >= 4 is 22.9 Å². The molecular weight excluding hydrogens is 362 g/mol. The Labute approximate surface area is 162 Å². The van der Waals surface area contributed by atoms with Crippen molar-refractivity contribution in [3.8, 4) is 11.5 Å². The van der Waals surface area contributed by atoms with Crippen LogP contribution in [0.1, 0.15) is 38.8 Å². The first-order chi connectivity index (χ1) is 13.5. The average Bonchev–Trinajstić information content (AvgIpc) is 2.68. The van der Waals surface area contributed by atoms with Gasteiger partial charge in [0.15, 0.2) is 0 Å². The van der Waals surface area contributed by atoms with Crippen LogP contribution in [0.3, 0.4) is 0 Å². The molecule has 148 valence electrons. The molecule has 0 atom stereocenters. The number of hydrogen-bond acceptors (Lipinski definition) is 8. The van der Waals surface area contributed by atoms with Crippen molar-refractivity contribution in [2.45, 2.75) is 6.92 Å². The summed E-state index contributed by atoms with van der Waals surface area (Å²) in [7, 11) is 0. The summed E-state index contributed by atoms with van der Waals surface area (Å²) < 4.78 is 0. The second-order valence-electron chi connectivity index (χ2n) is 6.35. The van der Waals surface area contributed by atoms with Gasteiger partial charge in [-0.1, -0.05) is 0 Å². The molecule has 8 nitrogen and oxygen atoms in total. The summed E-state index contributed by atoms with van der Waals surface area (Å²) in [6.45, 7) is 3.92. The number of nitrogens with one attached hydrogen (secondary N) is 3. The van der Waals surface area contributed by atoms with Crippen molar-refractivity contribution in [1.82, 2.24) is 5.32 Å². The standard InChI is InChI=1S/C20H23N3O5/c1-2-22-11-3-4-12(23-8-7-21-9-10-24)16-15(11)19(27)17-13(25)5-6-14(26)18(17)20(16)28/h3-6,21-26H,2,7-10H2,1H3.